The van der Waals surface area contributed by atoms with E-state index < -0.39 is 0 Å². The van der Waals surface area contributed by atoms with E-state index in [1.807, 2.05) is 11.3 Å². The van der Waals surface area contributed by atoms with E-state index in [-0.39, 0.29) is 24.0 Å². The van der Waals surface area contributed by atoms with Gasteiger partial charge in [0.1, 0.15) is 0 Å². The maximum atomic E-state index is 5.23. The maximum absolute atomic E-state index is 5.23. The van der Waals surface area contributed by atoms with Gasteiger partial charge in [0.2, 0.25) is 0 Å². The van der Waals surface area contributed by atoms with E-state index in [9.17, 15) is 0 Å². The summed E-state index contributed by atoms with van der Waals surface area (Å²) in [6.45, 7) is 9.13. The van der Waals surface area contributed by atoms with Gasteiger partial charge in [-0.05, 0) is 57.6 Å². The van der Waals surface area contributed by atoms with Crippen LogP contribution in [0.3, 0.4) is 0 Å². The van der Waals surface area contributed by atoms with Crippen molar-refractivity contribution in [3.8, 4) is 0 Å². The first kappa shape index (κ1) is 21.7. The number of aryl methyl sites for hydroxylation is 1. The molecule has 24 heavy (non-hydrogen) atoms. The highest BCUT2D eigenvalue weighted by atomic mass is 127. The molecule has 1 saturated carbocycles. The van der Waals surface area contributed by atoms with E-state index in [0.717, 1.165) is 38.5 Å². The summed E-state index contributed by atoms with van der Waals surface area (Å²) in [5, 5.41) is 6.92. The van der Waals surface area contributed by atoms with Crippen LogP contribution in [0.15, 0.2) is 17.1 Å². The van der Waals surface area contributed by atoms with Gasteiger partial charge in [0, 0.05) is 49.0 Å². The molecule has 0 aliphatic heterocycles. The zero-order valence-electron chi connectivity index (χ0n) is 15.4. The van der Waals surface area contributed by atoms with Gasteiger partial charge in [-0.1, -0.05) is 0 Å². The molecule has 0 amide bonds. The molecule has 1 heterocycles. The van der Waals surface area contributed by atoms with Crippen molar-refractivity contribution in [1.29, 1.82) is 0 Å². The number of thiophene rings is 1. The Morgan fingerprint density at radius 2 is 2.17 bits per heavy atom. The molecule has 0 radical (unpaired) electrons. The van der Waals surface area contributed by atoms with Gasteiger partial charge in [-0.15, -0.1) is 35.3 Å². The van der Waals surface area contributed by atoms with Gasteiger partial charge >= 0.3 is 0 Å². The molecule has 0 saturated heterocycles. The molecule has 1 fully saturated rings. The van der Waals surface area contributed by atoms with Crippen LogP contribution in [-0.2, 0) is 11.2 Å². The Kier molecular flexibility index (Phi) is 9.59. The minimum absolute atomic E-state index is 0. The molecule has 0 bridgehead atoms. The number of ether oxygens (including phenoxy) is 1. The zero-order valence-corrected chi connectivity index (χ0v) is 18.5. The molecule has 0 aromatic carbocycles. The molecular formula is C18H32IN3OS. The van der Waals surface area contributed by atoms with Crippen molar-refractivity contribution in [2.24, 2.45) is 10.4 Å². The van der Waals surface area contributed by atoms with E-state index in [1.54, 1.807) is 7.11 Å². The van der Waals surface area contributed by atoms with Crippen molar-refractivity contribution < 1.29 is 4.74 Å². The first-order valence-corrected chi connectivity index (χ1v) is 9.47. The summed E-state index contributed by atoms with van der Waals surface area (Å²) in [6.07, 6.45) is 4.72. The van der Waals surface area contributed by atoms with Crippen LogP contribution in [-0.4, -0.2) is 38.8 Å². The molecule has 138 valence electrons. The molecule has 1 aromatic rings. The monoisotopic (exact) mass is 465 g/mol. The fourth-order valence-corrected chi connectivity index (χ4v) is 3.75. The van der Waals surface area contributed by atoms with Crippen LogP contribution in [0.5, 0.6) is 0 Å². The summed E-state index contributed by atoms with van der Waals surface area (Å²) in [4.78, 5) is 7.63. The summed E-state index contributed by atoms with van der Waals surface area (Å²) in [6, 6.07) is 4.80. The Balaban J connectivity index is 0.00000288. The molecular weight excluding hydrogens is 433 g/mol. The third-order valence-corrected chi connectivity index (χ3v) is 5.42. The normalized spacial score (nSPS) is 17.1. The van der Waals surface area contributed by atoms with Crippen molar-refractivity contribution in [3.63, 3.8) is 0 Å². The Morgan fingerprint density at radius 1 is 1.42 bits per heavy atom. The van der Waals surface area contributed by atoms with Crippen LogP contribution in [0.4, 0.5) is 0 Å². The number of nitrogens with zero attached hydrogens (tertiary/aromatic N) is 1. The highest BCUT2D eigenvalue weighted by molar-refractivity contribution is 14.0. The van der Waals surface area contributed by atoms with Crippen molar-refractivity contribution in [2.75, 3.05) is 26.8 Å². The Bertz CT molecular complexity index is 514. The van der Waals surface area contributed by atoms with E-state index in [2.05, 4.69) is 43.5 Å². The number of guanidine groups is 1. The SMILES string of the molecule is CCNC(=NCC1(CCOC)CC1)NC(C)Cc1ccc(C)s1.I. The molecule has 2 rings (SSSR count). The van der Waals surface area contributed by atoms with Crippen molar-refractivity contribution >= 4 is 41.3 Å². The molecule has 1 aromatic heterocycles. The fourth-order valence-electron chi connectivity index (χ4n) is 2.73. The number of aliphatic imine (C=N–C) groups is 1. The number of hydrogen-bond acceptors (Lipinski definition) is 3. The third-order valence-electron chi connectivity index (χ3n) is 4.40. The maximum Gasteiger partial charge on any atom is 0.191 e. The van der Waals surface area contributed by atoms with Crippen LogP contribution in [0.2, 0.25) is 0 Å². The van der Waals surface area contributed by atoms with Crippen LogP contribution in [0.25, 0.3) is 0 Å². The predicted molar refractivity (Wildman–Crippen MR) is 115 cm³/mol. The predicted octanol–water partition coefficient (Wildman–Crippen LogP) is 3.98. The summed E-state index contributed by atoms with van der Waals surface area (Å²) in [5.41, 5.74) is 0.395. The summed E-state index contributed by atoms with van der Waals surface area (Å²) < 4.78 is 5.23. The summed E-state index contributed by atoms with van der Waals surface area (Å²) in [5.74, 6) is 0.942. The molecule has 4 nitrogen and oxygen atoms in total. The quantitative estimate of drug-likeness (QED) is 0.330. The average molecular weight is 465 g/mol. The lowest BCUT2D eigenvalue weighted by molar-refractivity contribution is 0.174. The Hall–Kier alpha value is -0.340. The largest absolute Gasteiger partial charge is 0.385 e. The van der Waals surface area contributed by atoms with E-state index in [4.69, 9.17) is 9.73 Å². The standard InChI is InChI=1S/C18H31N3OS.HI/c1-5-19-17(20-13-18(8-9-18)10-11-22-4)21-14(2)12-16-7-6-15(3)23-16;/h6-7,14H,5,8-13H2,1-4H3,(H2,19,20,21);1H. The van der Waals surface area contributed by atoms with Gasteiger partial charge in [0.25, 0.3) is 0 Å². The van der Waals surface area contributed by atoms with Crippen LogP contribution in [0.1, 0.15) is 42.9 Å². The fraction of sp³-hybridized carbons (Fsp3) is 0.722. The zero-order chi connectivity index (χ0) is 16.7. The second-order valence-electron chi connectivity index (χ2n) is 6.70. The topological polar surface area (TPSA) is 45.7 Å². The van der Waals surface area contributed by atoms with Crippen LogP contribution >= 0.6 is 35.3 Å². The molecule has 1 atom stereocenters. The Morgan fingerprint density at radius 3 is 2.71 bits per heavy atom. The minimum atomic E-state index is 0. The van der Waals surface area contributed by atoms with Crippen molar-refractivity contribution in [3.05, 3.63) is 21.9 Å². The molecule has 2 N–H and O–H groups in total. The first-order chi connectivity index (χ1) is 11.1. The smallest absolute Gasteiger partial charge is 0.191 e. The van der Waals surface area contributed by atoms with Gasteiger partial charge in [-0.3, -0.25) is 4.99 Å². The summed E-state index contributed by atoms with van der Waals surface area (Å²) >= 11 is 1.88. The van der Waals surface area contributed by atoms with Gasteiger partial charge in [0.15, 0.2) is 5.96 Å². The highest BCUT2D eigenvalue weighted by Crippen LogP contribution is 2.48. The number of halogens is 1. The third kappa shape index (κ3) is 7.27. The molecule has 1 unspecified atom stereocenters. The van der Waals surface area contributed by atoms with Crippen LogP contribution in [0, 0.1) is 12.3 Å². The lowest BCUT2D eigenvalue weighted by Crippen LogP contribution is -2.43. The number of rotatable bonds is 9. The van der Waals surface area contributed by atoms with E-state index in [0.29, 0.717) is 11.5 Å². The number of nitrogens with one attached hydrogen (secondary N) is 2. The second kappa shape index (κ2) is 10.6. The lowest BCUT2D eigenvalue weighted by atomic mass is 10.0. The molecule has 0 spiro atoms. The minimum Gasteiger partial charge on any atom is -0.385 e. The molecule has 6 heteroatoms. The highest BCUT2D eigenvalue weighted by Gasteiger charge is 2.41. The van der Waals surface area contributed by atoms with Gasteiger partial charge < -0.3 is 15.4 Å². The van der Waals surface area contributed by atoms with Gasteiger partial charge in [-0.25, -0.2) is 0 Å². The number of methoxy groups -OCH3 is 1. The van der Waals surface area contributed by atoms with E-state index >= 15 is 0 Å². The van der Waals surface area contributed by atoms with Gasteiger partial charge in [-0.2, -0.15) is 0 Å². The van der Waals surface area contributed by atoms with E-state index in [1.165, 1.54) is 22.6 Å². The van der Waals surface area contributed by atoms with Gasteiger partial charge in [0.05, 0.1) is 0 Å². The average Bonchev–Trinajstić information content (AvgIpc) is 3.18. The lowest BCUT2D eigenvalue weighted by Gasteiger charge is -2.19. The van der Waals surface area contributed by atoms with Crippen molar-refractivity contribution in [2.45, 2.75) is 52.5 Å². The van der Waals surface area contributed by atoms with Crippen LogP contribution < -0.4 is 10.6 Å². The van der Waals surface area contributed by atoms with Crippen molar-refractivity contribution in [1.82, 2.24) is 10.6 Å². The first-order valence-electron chi connectivity index (χ1n) is 8.66. The molecule has 1 aliphatic rings. The number of hydrogen-bond donors (Lipinski definition) is 2. The Labute approximate surface area is 167 Å². The molecule has 1 aliphatic carbocycles. The summed E-state index contributed by atoms with van der Waals surface area (Å²) in [7, 11) is 1.78. The second-order valence-corrected chi connectivity index (χ2v) is 8.07.